The predicted octanol–water partition coefficient (Wildman–Crippen LogP) is 0.991. The molecule has 1 heterocycles. The Labute approximate surface area is 106 Å². The fourth-order valence-corrected chi connectivity index (χ4v) is 1.90. The molecule has 18 heavy (non-hydrogen) atoms. The van der Waals surface area contributed by atoms with Crippen molar-refractivity contribution in [3.8, 4) is 0 Å². The van der Waals surface area contributed by atoms with Crippen LogP contribution >= 0.6 is 0 Å². The van der Waals surface area contributed by atoms with Gasteiger partial charge in [-0.3, -0.25) is 4.79 Å². The lowest BCUT2D eigenvalue weighted by atomic mass is 10.1. The summed E-state index contributed by atoms with van der Waals surface area (Å²) in [5.41, 5.74) is 0.743. The highest BCUT2D eigenvalue weighted by Gasteiger charge is 2.23. The molecule has 0 saturated carbocycles. The van der Waals surface area contributed by atoms with E-state index in [2.05, 4.69) is 10.6 Å². The minimum Gasteiger partial charge on any atom is -0.366 e. The minimum atomic E-state index is -0.463. The number of rotatable bonds is 3. The second kappa shape index (κ2) is 5.93. The molecule has 98 valence electrons. The zero-order valence-corrected chi connectivity index (χ0v) is 10.3. The molecule has 2 rings (SSSR count). The molecule has 0 aromatic heterocycles. The topological polar surface area (TPSA) is 50.4 Å². The zero-order valence-electron chi connectivity index (χ0n) is 10.3. The number of halogens is 1. The number of benzene rings is 1. The summed E-state index contributed by atoms with van der Waals surface area (Å²) in [4.78, 5) is 11.9. The van der Waals surface area contributed by atoms with Crippen LogP contribution in [0.15, 0.2) is 24.3 Å². The van der Waals surface area contributed by atoms with Crippen LogP contribution < -0.4 is 10.6 Å². The Morgan fingerprint density at radius 3 is 3.11 bits per heavy atom. The fourth-order valence-electron chi connectivity index (χ4n) is 1.90. The van der Waals surface area contributed by atoms with Gasteiger partial charge in [-0.2, -0.15) is 0 Å². The van der Waals surface area contributed by atoms with Crippen LogP contribution in [0.2, 0.25) is 0 Å². The Balaban J connectivity index is 1.94. The predicted molar refractivity (Wildman–Crippen MR) is 65.6 cm³/mol. The number of morpholine rings is 1. The molecule has 5 heteroatoms. The Kier molecular flexibility index (Phi) is 4.28. The number of amides is 1. The van der Waals surface area contributed by atoms with Gasteiger partial charge in [-0.15, -0.1) is 0 Å². The molecule has 1 aromatic rings. The third-order valence-electron chi connectivity index (χ3n) is 2.93. The first-order valence-electron chi connectivity index (χ1n) is 6.05. The van der Waals surface area contributed by atoms with Crippen LogP contribution in [-0.2, 0) is 9.53 Å². The summed E-state index contributed by atoms with van der Waals surface area (Å²) in [6.07, 6.45) is -0.463. The molecule has 0 aliphatic carbocycles. The van der Waals surface area contributed by atoms with Crippen molar-refractivity contribution in [2.24, 2.45) is 0 Å². The standard InChI is InChI=1S/C13H17FN2O2/c1-9(10-3-2-4-11(14)7-10)16-13(17)12-8-15-5-6-18-12/h2-4,7,9,12,15H,5-6,8H2,1H3,(H,16,17). The van der Waals surface area contributed by atoms with Crippen molar-refractivity contribution < 1.29 is 13.9 Å². The Bertz CT molecular complexity index is 419. The molecule has 0 spiro atoms. The molecule has 2 unspecified atom stereocenters. The van der Waals surface area contributed by atoms with Gasteiger partial charge in [0.1, 0.15) is 11.9 Å². The van der Waals surface area contributed by atoms with Crippen molar-refractivity contribution >= 4 is 5.91 Å². The maximum atomic E-state index is 13.1. The smallest absolute Gasteiger partial charge is 0.250 e. The van der Waals surface area contributed by atoms with E-state index in [1.165, 1.54) is 12.1 Å². The summed E-state index contributed by atoms with van der Waals surface area (Å²) in [6, 6.07) is 5.98. The van der Waals surface area contributed by atoms with E-state index in [-0.39, 0.29) is 17.8 Å². The van der Waals surface area contributed by atoms with Crippen molar-refractivity contribution in [3.05, 3.63) is 35.6 Å². The molecule has 2 N–H and O–H groups in total. The van der Waals surface area contributed by atoms with Gasteiger partial charge < -0.3 is 15.4 Å². The van der Waals surface area contributed by atoms with Crippen LogP contribution in [0, 0.1) is 5.82 Å². The average Bonchev–Trinajstić information content (AvgIpc) is 2.39. The summed E-state index contributed by atoms with van der Waals surface area (Å²) >= 11 is 0. The molecule has 0 radical (unpaired) electrons. The minimum absolute atomic E-state index is 0.168. The first-order valence-corrected chi connectivity index (χ1v) is 6.05. The van der Waals surface area contributed by atoms with Gasteiger partial charge in [0.05, 0.1) is 12.6 Å². The van der Waals surface area contributed by atoms with Crippen LogP contribution in [0.25, 0.3) is 0 Å². The third-order valence-corrected chi connectivity index (χ3v) is 2.93. The maximum absolute atomic E-state index is 13.1. The number of hydrogen-bond donors (Lipinski definition) is 2. The summed E-state index contributed by atoms with van der Waals surface area (Å²) in [5, 5.41) is 5.91. The second-order valence-corrected chi connectivity index (χ2v) is 4.35. The van der Waals surface area contributed by atoms with Crippen LogP contribution in [0.3, 0.4) is 0 Å². The monoisotopic (exact) mass is 252 g/mol. The maximum Gasteiger partial charge on any atom is 0.250 e. The largest absolute Gasteiger partial charge is 0.366 e. The number of carbonyl (C=O) groups excluding carboxylic acids is 1. The fraction of sp³-hybridized carbons (Fsp3) is 0.462. The van der Waals surface area contributed by atoms with E-state index in [9.17, 15) is 9.18 Å². The molecule has 0 bridgehead atoms. The van der Waals surface area contributed by atoms with Gasteiger partial charge >= 0.3 is 0 Å². The van der Waals surface area contributed by atoms with Crippen LogP contribution in [-0.4, -0.2) is 31.7 Å². The molecule has 1 amide bonds. The molecule has 1 fully saturated rings. The van der Waals surface area contributed by atoms with Gasteiger partial charge in [-0.1, -0.05) is 12.1 Å². The van der Waals surface area contributed by atoms with E-state index in [0.717, 1.165) is 12.1 Å². The molecular weight excluding hydrogens is 235 g/mol. The molecule has 1 aliphatic heterocycles. The lowest BCUT2D eigenvalue weighted by Crippen LogP contribution is -2.48. The normalized spacial score (nSPS) is 21.3. The molecule has 1 saturated heterocycles. The van der Waals surface area contributed by atoms with Gasteiger partial charge in [0.2, 0.25) is 0 Å². The summed E-state index contributed by atoms with van der Waals surface area (Å²) in [5.74, 6) is -0.469. The second-order valence-electron chi connectivity index (χ2n) is 4.35. The molecule has 1 aliphatic rings. The summed E-state index contributed by atoms with van der Waals surface area (Å²) < 4.78 is 18.4. The lowest BCUT2D eigenvalue weighted by molar-refractivity contribution is -0.134. The lowest BCUT2D eigenvalue weighted by Gasteiger charge is -2.24. The summed E-state index contributed by atoms with van der Waals surface area (Å²) in [7, 11) is 0. The van der Waals surface area contributed by atoms with E-state index in [1.54, 1.807) is 12.1 Å². The number of nitrogens with one attached hydrogen (secondary N) is 2. The van der Waals surface area contributed by atoms with E-state index in [1.807, 2.05) is 6.92 Å². The highest BCUT2D eigenvalue weighted by atomic mass is 19.1. The highest BCUT2D eigenvalue weighted by Crippen LogP contribution is 2.13. The van der Waals surface area contributed by atoms with Crippen LogP contribution in [0.1, 0.15) is 18.5 Å². The van der Waals surface area contributed by atoms with Crippen molar-refractivity contribution in [2.45, 2.75) is 19.1 Å². The van der Waals surface area contributed by atoms with Gasteiger partial charge in [0, 0.05) is 13.1 Å². The zero-order chi connectivity index (χ0) is 13.0. The molecule has 1 aromatic carbocycles. The Morgan fingerprint density at radius 2 is 2.44 bits per heavy atom. The first-order chi connectivity index (χ1) is 8.66. The SMILES string of the molecule is CC(NC(=O)C1CNCCO1)c1cccc(F)c1. The van der Waals surface area contributed by atoms with Crippen molar-refractivity contribution in [3.63, 3.8) is 0 Å². The molecule has 2 atom stereocenters. The van der Waals surface area contributed by atoms with Gasteiger partial charge in [-0.05, 0) is 24.6 Å². The quantitative estimate of drug-likeness (QED) is 0.843. The Morgan fingerprint density at radius 1 is 1.61 bits per heavy atom. The van der Waals surface area contributed by atoms with Gasteiger partial charge in [0.25, 0.3) is 5.91 Å². The highest BCUT2D eigenvalue weighted by molar-refractivity contribution is 5.81. The first kappa shape index (κ1) is 13.0. The average molecular weight is 252 g/mol. The van der Waals surface area contributed by atoms with E-state index in [4.69, 9.17) is 4.74 Å². The number of carbonyl (C=O) groups is 1. The van der Waals surface area contributed by atoms with Gasteiger partial charge in [-0.25, -0.2) is 4.39 Å². The van der Waals surface area contributed by atoms with E-state index >= 15 is 0 Å². The number of ether oxygens (including phenoxy) is 1. The van der Waals surface area contributed by atoms with E-state index < -0.39 is 6.10 Å². The third kappa shape index (κ3) is 3.27. The van der Waals surface area contributed by atoms with Crippen LogP contribution in [0.4, 0.5) is 4.39 Å². The Hall–Kier alpha value is -1.46. The van der Waals surface area contributed by atoms with Crippen molar-refractivity contribution in [1.82, 2.24) is 10.6 Å². The number of hydrogen-bond acceptors (Lipinski definition) is 3. The van der Waals surface area contributed by atoms with Gasteiger partial charge in [0.15, 0.2) is 0 Å². The van der Waals surface area contributed by atoms with E-state index in [0.29, 0.717) is 13.2 Å². The molecular formula is C13H17FN2O2. The molecule has 4 nitrogen and oxygen atoms in total. The summed E-state index contributed by atoms with van der Waals surface area (Å²) in [6.45, 7) is 3.64. The van der Waals surface area contributed by atoms with Crippen molar-refractivity contribution in [2.75, 3.05) is 19.7 Å². The van der Waals surface area contributed by atoms with Crippen molar-refractivity contribution in [1.29, 1.82) is 0 Å². The van der Waals surface area contributed by atoms with Crippen LogP contribution in [0.5, 0.6) is 0 Å².